The number of nitrogens with zero attached hydrogens (tertiary/aromatic N) is 2. The van der Waals surface area contributed by atoms with Gasteiger partial charge in [0.1, 0.15) is 17.5 Å². The average molecular weight is 352 g/mol. The first-order chi connectivity index (χ1) is 9.60. The monoisotopic (exact) mass is 351 g/mol. The summed E-state index contributed by atoms with van der Waals surface area (Å²) in [6.07, 6.45) is 2.93. The predicted molar refractivity (Wildman–Crippen MR) is 78.4 cm³/mol. The van der Waals surface area contributed by atoms with Crippen molar-refractivity contribution in [1.29, 1.82) is 5.26 Å². The molecule has 1 aromatic carbocycles. The Balaban J connectivity index is 2.22. The molecule has 20 heavy (non-hydrogen) atoms. The molecule has 0 saturated carbocycles. The topological polar surface area (TPSA) is 65.8 Å². The maximum atomic E-state index is 13.1. The van der Waals surface area contributed by atoms with E-state index in [2.05, 4.69) is 26.2 Å². The highest BCUT2D eigenvalue weighted by Gasteiger charge is 2.11. The third-order valence-corrected chi connectivity index (χ3v) is 3.57. The third kappa shape index (κ3) is 3.50. The number of carbonyl (C=O) groups excluding carboxylic acids is 1. The lowest BCUT2D eigenvalue weighted by Gasteiger charge is -2.01. The molecule has 0 radical (unpaired) electrons. The summed E-state index contributed by atoms with van der Waals surface area (Å²) >= 11 is 4.30. The maximum absolute atomic E-state index is 13.1. The van der Waals surface area contributed by atoms with Crippen molar-refractivity contribution in [2.75, 3.05) is 5.32 Å². The highest BCUT2D eigenvalue weighted by atomic mass is 79.9. The lowest BCUT2D eigenvalue weighted by Crippen LogP contribution is -2.13. The van der Waals surface area contributed by atoms with Crippen molar-refractivity contribution >= 4 is 44.4 Å². The highest BCUT2D eigenvalue weighted by Crippen LogP contribution is 2.19. The van der Waals surface area contributed by atoms with Gasteiger partial charge in [0.15, 0.2) is 5.13 Å². The van der Waals surface area contributed by atoms with Gasteiger partial charge in [-0.05, 0) is 39.7 Å². The number of aromatic nitrogens is 1. The molecular formula is C13H7BrFN3OS. The summed E-state index contributed by atoms with van der Waals surface area (Å²) < 4.78 is 13.4. The molecule has 0 aliphatic rings. The summed E-state index contributed by atoms with van der Waals surface area (Å²) in [4.78, 5) is 15.8. The van der Waals surface area contributed by atoms with Crippen LogP contribution in [0.1, 0.15) is 5.56 Å². The number of rotatable bonds is 3. The molecule has 1 amide bonds. The van der Waals surface area contributed by atoms with Gasteiger partial charge in [-0.3, -0.25) is 10.1 Å². The van der Waals surface area contributed by atoms with E-state index in [-0.39, 0.29) is 10.0 Å². The molecule has 0 aliphatic heterocycles. The van der Waals surface area contributed by atoms with Crippen molar-refractivity contribution in [2.24, 2.45) is 0 Å². The van der Waals surface area contributed by atoms with Crippen molar-refractivity contribution in [1.82, 2.24) is 4.98 Å². The summed E-state index contributed by atoms with van der Waals surface area (Å²) in [5.41, 5.74) is 0.461. The molecule has 0 saturated heterocycles. The second-order valence-electron chi connectivity index (χ2n) is 3.63. The van der Waals surface area contributed by atoms with E-state index in [0.29, 0.717) is 10.7 Å². The molecule has 0 bridgehead atoms. The molecule has 2 rings (SSSR count). The molecule has 1 heterocycles. The molecule has 0 unspecified atom stereocenters. The minimum atomic E-state index is -0.553. The minimum Gasteiger partial charge on any atom is -0.297 e. The summed E-state index contributed by atoms with van der Waals surface area (Å²) in [6.45, 7) is 0. The van der Waals surface area contributed by atoms with Gasteiger partial charge in [0.2, 0.25) is 0 Å². The second-order valence-corrected chi connectivity index (χ2v) is 5.38. The Morgan fingerprint density at radius 2 is 2.35 bits per heavy atom. The summed E-state index contributed by atoms with van der Waals surface area (Å²) in [6, 6.07) is 6.04. The van der Waals surface area contributed by atoms with Gasteiger partial charge in [-0.2, -0.15) is 5.26 Å². The number of thiazole rings is 1. The molecule has 100 valence electrons. The Morgan fingerprint density at radius 1 is 1.55 bits per heavy atom. The first-order valence-electron chi connectivity index (χ1n) is 5.38. The number of carbonyl (C=O) groups is 1. The molecule has 1 aromatic heterocycles. The Labute approximate surface area is 126 Å². The number of hydrogen-bond donors (Lipinski definition) is 1. The van der Waals surface area contributed by atoms with E-state index in [9.17, 15) is 9.18 Å². The van der Waals surface area contributed by atoms with Gasteiger partial charge in [0, 0.05) is 11.6 Å². The van der Waals surface area contributed by atoms with Crippen LogP contribution in [0.25, 0.3) is 6.08 Å². The van der Waals surface area contributed by atoms with Crippen molar-refractivity contribution in [3.8, 4) is 6.07 Å². The molecule has 7 heteroatoms. The van der Waals surface area contributed by atoms with Crippen LogP contribution in [-0.4, -0.2) is 10.9 Å². The fourth-order valence-corrected chi connectivity index (χ4v) is 2.29. The lowest BCUT2D eigenvalue weighted by atomic mass is 10.1. The first-order valence-corrected chi connectivity index (χ1v) is 7.05. The fourth-order valence-electron chi connectivity index (χ4n) is 1.37. The largest absolute Gasteiger partial charge is 0.297 e. The standard InChI is InChI=1S/C13H7BrFN3OS/c14-10-6-8(1-2-11(10)15)5-9(7-16)12(19)18-13-17-3-4-20-13/h1-6H,(H,17,18,19)/b9-5+. The SMILES string of the molecule is N#C/C(=C\c1ccc(F)c(Br)c1)C(=O)Nc1nccs1. The van der Waals surface area contributed by atoms with Crippen molar-refractivity contribution in [2.45, 2.75) is 0 Å². The van der Waals surface area contributed by atoms with Crippen LogP contribution in [0.2, 0.25) is 0 Å². The maximum Gasteiger partial charge on any atom is 0.268 e. The molecule has 1 N–H and O–H groups in total. The van der Waals surface area contributed by atoms with Crippen LogP contribution in [0.5, 0.6) is 0 Å². The van der Waals surface area contributed by atoms with Gasteiger partial charge < -0.3 is 0 Å². The van der Waals surface area contributed by atoms with E-state index in [4.69, 9.17) is 5.26 Å². The van der Waals surface area contributed by atoms with Crippen molar-refractivity contribution < 1.29 is 9.18 Å². The molecule has 4 nitrogen and oxygen atoms in total. The summed E-state index contributed by atoms with van der Waals surface area (Å²) in [5.74, 6) is -0.962. The Morgan fingerprint density at radius 3 is 2.95 bits per heavy atom. The number of benzene rings is 1. The van der Waals surface area contributed by atoms with Crippen molar-refractivity contribution in [3.63, 3.8) is 0 Å². The van der Waals surface area contributed by atoms with Crippen LogP contribution in [0.15, 0.2) is 39.8 Å². The van der Waals surface area contributed by atoms with Crippen LogP contribution in [0.4, 0.5) is 9.52 Å². The van der Waals surface area contributed by atoms with E-state index in [1.807, 2.05) is 6.07 Å². The lowest BCUT2D eigenvalue weighted by molar-refractivity contribution is -0.112. The zero-order valence-corrected chi connectivity index (χ0v) is 12.3. The Bertz CT molecular complexity index is 707. The van der Waals surface area contributed by atoms with E-state index in [1.54, 1.807) is 11.6 Å². The van der Waals surface area contributed by atoms with Crippen molar-refractivity contribution in [3.05, 3.63) is 51.2 Å². The zero-order valence-electron chi connectivity index (χ0n) is 9.93. The Hall–Kier alpha value is -2.04. The minimum absolute atomic E-state index is 0.0845. The predicted octanol–water partition coefficient (Wildman–Crippen LogP) is 3.59. The molecular weight excluding hydrogens is 345 g/mol. The quantitative estimate of drug-likeness (QED) is 0.678. The zero-order chi connectivity index (χ0) is 14.5. The second kappa shape index (κ2) is 6.41. The molecule has 0 aliphatic carbocycles. The van der Waals surface area contributed by atoms with Gasteiger partial charge in [-0.15, -0.1) is 11.3 Å². The Kier molecular flexibility index (Phi) is 4.61. The number of nitriles is 1. The van der Waals surface area contributed by atoms with E-state index >= 15 is 0 Å². The number of amides is 1. The van der Waals surface area contributed by atoms with E-state index < -0.39 is 11.7 Å². The number of anilines is 1. The average Bonchev–Trinajstić information content (AvgIpc) is 2.92. The number of halogens is 2. The van der Waals surface area contributed by atoms with Crippen LogP contribution in [0, 0.1) is 17.1 Å². The third-order valence-electron chi connectivity index (χ3n) is 2.27. The van der Waals surface area contributed by atoms with E-state index in [0.717, 1.165) is 0 Å². The van der Waals surface area contributed by atoms with Crippen LogP contribution < -0.4 is 5.32 Å². The number of hydrogen-bond acceptors (Lipinski definition) is 4. The fraction of sp³-hybridized carbons (Fsp3) is 0. The molecule has 0 fully saturated rings. The van der Waals surface area contributed by atoms with Crippen LogP contribution >= 0.6 is 27.3 Å². The molecule has 2 aromatic rings. The van der Waals surface area contributed by atoms with Gasteiger partial charge >= 0.3 is 0 Å². The van der Waals surface area contributed by atoms with Gasteiger partial charge in [0.05, 0.1) is 4.47 Å². The normalized spacial score (nSPS) is 10.9. The van der Waals surface area contributed by atoms with Crippen LogP contribution in [0.3, 0.4) is 0 Å². The van der Waals surface area contributed by atoms with E-state index in [1.165, 1.54) is 35.6 Å². The number of nitrogens with one attached hydrogen (secondary N) is 1. The van der Waals surface area contributed by atoms with Gasteiger partial charge in [-0.1, -0.05) is 6.07 Å². The smallest absolute Gasteiger partial charge is 0.268 e. The molecule has 0 spiro atoms. The van der Waals surface area contributed by atoms with Crippen LogP contribution in [-0.2, 0) is 4.79 Å². The highest BCUT2D eigenvalue weighted by molar-refractivity contribution is 9.10. The first kappa shape index (κ1) is 14.4. The summed E-state index contributed by atoms with van der Waals surface area (Å²) in [5, 5.41) is 13.7. The van der Waals surface area contributed by atoms with Gasteiger partial charge in [0.25, 0.3) is 5.91 Å². The summed E-state index contributed by atoms with van der Waals surface area (Å²) in [7, 11) is 0. The molecule has 0 atom stereocenters. The van der Waals surface area contributed by atoms with Gasteiger partial charge in [-0.25, -0.2) is 9.37 Å².